The number of nitrogens with one attached hydrogen (secondary N) is 2. The quantitative estimate of drug-likeness (QED) is 0.860. The Bertz CT molecular complexity index is 731. The standard InChI is InChI=1S/C12H16N4O4S/c1-7-5-9(19-3)6-8(2)10(7)21(17,18)16-11-13-12(20-4)15-14-11/h5-6H,1-4H3,(H2,13,14,15,16). The van der Waals surface area contributed by atoms with Gasteiger partial charge in [0.25, 0.3) is 10.0 Å². The molecule has 0 aliphatic heterocycles. The van der Waals surface area contributed by atoms with Gasteiger partial charge in [-0.2, -0.15) is 4.98 Å². The van der Waals surface area contributed by atoms with Gasteiger partial charge in [-0.05, 0) is 37.1 Å². The molecule has 0 unspecified atom stereocenters. The first kappa shape index (κ1) is 15.1. The van der Waals surface area contributed by atoms with Crippen molar-refractivity contribution < 1.29 is 17.9 Å². The Labute approximate surface area is 122 Å². The van der Waals surface area contributed by atoms with Crippen molar-refractivity contribution >= 4 is 16.0 Å². The third-order valence-electron chi connectivity index (χ3n) is 2.82. The number of aromatic amines is 1. The summed E-state index contributed by atoms with van der Waals surface area (Å²) < 4.78 is 37.2. The summed E-state index contributed by atoms with van der Waals surface area (Å²) in [6, 6.07) is 3.36. The minimum absolute atomic E-state index is 0.0125. The highest BCUT2D eigenvalue weighted by molar-refractivity contribution is 7.92. The summed E-state index contributed by atoms with van der Waals surface area (Å²) in [6.45, 7) is 3.40. The number of aromatic nitrogens is 3. The lowest BCUT2D eigenvalue weighted by Gasteiger charge is -2.12. The number of methoxy groups -OCH3 is 2. The summed E-state index contributed by atoms with van der Waals surface area (Å²) in [7, 11) is -0.872. The van der Waals surface area contributed by atoms with E-state index < -0.39 is 10.0 Å². The van der Waals surface area contributed by atoms with Gasteiger partial charge >= 0.3 is 6.01 Å². The highest BCUT2D eigenvalue weighted by atomic mass is 32.2. The van der Waals surface area contributed by atoms with E-state index in [9.17, 15) is 8.42 Å². The molecule has 2 rings (SSSR count). The normalized spacial score (nSPS) is 11.2. The Morgan fingerprint density at radius 1 is 1.14 bits per heavy atom. The molecule has 0 bridgehead atoms. The molecule has 114 valence electrons. The molecule has 2 N–H and O–H groups in total. The summed E-state index contributed by atoms with van der Waals surface area (Å²) in [5.74, 6) is 0.590. The molecule has 1 aromatic heterocycles. The van der Waals surface area contributed by atoms with E-state index in [0.717, 1.165) is 0 Å². The SMILES string of the molecule is COc1cc(C)c(S(=O)(=O)Nc2nc(OC)n[nH]2)c(C)c1. The van der Waals surface area contributed by atoms with Crippen LogP contribution in [0, 0.1) is 13.8 Å². The number of nitrogens with zero attached hydrogens (tertiary/aromatic N) is 2. The summed E-state index contributed by atoms with van der Waals surface area (Å²) in [5, 5.41) is 6.12. The summed E-state index contributed by atoms with van der Waals surface area (Å²) in [5.41, 5.74) is 1.15. The van der Waals surface area contributed by atoms with Gasteiger partial charge in [0.2, 0.25) is 5.95 Å². The number of H-pyrrole nitrogens is 1. The highest BCUT2D eigenvalue weighted by Gasteiger charge is 2.22. The number of anilines is 1. The third-order valence-corrected chi connectivity index (χ3v) is 4.46. The van der Waals surface area contributed by atoms with Crippen molar-refractivity contribution in [2.75, 3.05) is 18.9 Å². The van der Waals surface area contributed by atoms with Crippen LogP contribution in [0.1, 0.15) is 11.1 Å². The molecule has 0 atom stereocenters. The van der Waals surface area contributed by atoms with Gasteiger partial charge in [0.05, 0.1) is 19.1 Å². The van der Waals surface area contributed by atoms with Crippen molar-refractivity contribution in [3.05, 3.63) is 23.3 Å². The van der Waals surface area contributed by atoms with Crippen LogP contribution in [-0.2, 0) is 10.0 Å². The fourth-order valence-corrected chi connectivity index (χ4v) is 3.43. The number of hydrogen-bond donors (Lipinski definition) is 2. The topological polar surface area (TPSA) is 106 Å². The van der Waals surface area contributed by atoms with Crippen LogP contribution in [0.5, 0.6) is 11.8 Å². The molecule has 1 heterocycles. The molecule has 0 saturated heterocycles. The van der Waals surface area contributed by atoms with E-state index in [1.54, 1.807) is 26.0 Å². The van der Waals surface area contributed by atoms with Crippen LogP contribution >= 0.6 is 0 Å². The molecule has 9 heteroatoms. The first-order chi connectivity index (χ1) is 9.87. The van der Waals surface area contributed by atoms with Crippen molar-refractivity contribution in [3.8, 4) is 11.8 Å². The average Bonchev–Trinajstić information content (AvgIpc) is 2.84. The molecular weight excluding hydrogens is 296 g/mol. The first-order valence-corrected chi connectivity index (χ1v) is 7.50. The Kier molecular flexibility index (Phi) is 4.03. The molecule has 8 nitrogen and oxygen atoms in total. The van der Waals surface area contributed by atoms with E-state index in [4.69, 9.17) is 9.47 Å². The molecule has 21 heavy (non-hydrogen) atoms. The Balaban J connectivity index is 2.40. The number of aryl methyl sites for hydroxylation is 2. The van der Waals surface area contributed by atoms with Crippen LogP contribution < -0.4 is 14.2 Å². The largest absolute Gasteiger partial charge is 0.497 e. The first-order valence-electron chi connectivity index (χ1n) is 6.02. The number of ether oxygens (including phenoxy) is 2. The molecular formula is C12H16N4O4S. The molecule has 2 aromatic rings. The van der Waals surface area contributed by atoms with E-state index in [0.29, 0.717) is 16.9 Å². The number of benzene rings is 1. The van der Waals surface area contributed by atoms with Gasteiger partial charge in [0.15, 0.2) is 0 Å². The zero-order valence-corrected chi connectivity index (χ0v) is 12.9. The van der Waals surface area contributed by atoms with E-state index in [1.807, 2.05) is 0 Å². The van der Waals surface area contributed by atoms with Crippen LogP contribution in [0.15, 0.2) is 17.0 Å². The van der Waals surface area contributed by atoms with Crippen LogP contribution in [0.4, 0.5) is 5.95 Å². The predicted molar refractivity (Wildman–Crippen MR) is 76.2 cm³/mol. The highest BCUT2D eigenvalue weighted by Crippen LogP contribution is 2.26. The summed E-state index contributed by atoms with van der Waals surface area (Å²) in [6.07, 6.45) is 0. The van der Waals surface area contributed by atoms with Crippen LogP contribution in [-0.4, -0.2) is 37.8 Å². The smallest absolute Gasteiger partial charge is 0.336 e. The second-order valence-electron chi connectivity index (χ2n) is 4.37. The van der Waals surface area contributed by atoms with Crippen LogP contribution in [0.2, 0.25) is 0 Å². The monoisotopic (exact) mass is 312 g/mol. The number of sulfonamides is 1. The Hall–Kier alpha value is -2.29. The van der Waals surface area contributed by atoms with Crippen molar-refractivity contribution in [3.63, 3.8) is 0 Å². The van der Waals surface area contributed by atoms with Crippen LogP contribution in [0.3, 0.4) is 0 Å². The van der Waals surface area contributed by atoms with E-state index in [-0.39, 0.29) is 16.9 Å². The zero-order valence-electron chi connectivity index (χ0n) is 12.1. The molecule has 1 aromatic carbocycles. The van der Waals surface area contributed by atoms with E-state index >= 15 is 0 Å². The van der Waals surface area contributed by atoms with Gasteiger partial charge < -0.3 is 9.47 Å². The fraction of sp³-hybridized carbons (Fsp3) is 0.333. The number of hydrogen-bond acceptors (Lipinski definition) is 6. The van der Waals surface area contributed by atoms with E-state index in [1.165, 1.54) is 14.2 Å². The van der Waals surface area contributed by atoms with Gasteiger partial charge in [-0.15, -0.1) is 5.10 Å². The van der Waals surface area contributed by atoms with Gasteiger partial charge in [-0.25, -0.2) is 18.2 Å². The molecule has 0 radical (unpaired) electrons. The lowest BCUT2D eigenvalue weighted by Crippen LogP contribution is -2.16. The molecule has 0 saturated carbocycles. The average molecular weight is 312 g/mol. The Morgan fingerprint density at radius 2 is 1.76 bits per heavy atom. The maximum atomic E-state index is 12.5. The molecule has 0 fully saturated rings. The lowest BCUT2D eigenvalue weighted by molar-refractivity contribution is 0.382. The predicted octanol–water partition coefficient (Wildman–Crippen LogP) is 1.24. The maximum absolute atomic E-state index is 12.5. The minimum atomic E-state index is -3.79. The van der Waals surface area contributed by atoms with E-state index in [2.05, 4.69) is 19.9 Å². The number of rotatable bonds is 5. The van der Waals surface area contributed by atoms with Gasteiger partial charge in [0.1, 0.15) is 5.75 Å². The third kappa shape index (κ3) is 3.07. The van der Waals surface area contributed by atoms with Crippen molar-refractivity contribution in [1.82, 2.24) is 15.2 Å². The van der Waals surface area contributed by atoms with Crippen molar-refractivity contribution in [2.45, 2.75) is 18.7 Å². The second kappa shape index (κ2) is 5.60. The van der Waals surface area contributed by atoms with Crippen LogP contribution in [0.25, 0.3) is 0 Å². The fourth-order valence-electron chi connectivity index (χ4n) is 2.01. The molecule has 0 aliphatic carbocycles. The van der Waals surface area contributed by atoms with Crippen molar-refractivity contribution in [1.29, 1.82) is 0 Å². The minimum Gasteiger partial charge on any atom is -0.497 e. The molecule has 0 aliphatic rings. The maximum Gasteiger partial charge on any atom is 0.336 e. The van der Waals surface area contributed by atoms with Gasteiger partial charge in [0, 0.05) is 0 Å². The van der Waals surface area contributed by atoms with Gasteiger partial charge in [-0.3, -0.25) is 0 Å². The van der Waals surface area contributed by atoms with Gasteiger partial charge in [-0.1, -0.05) is 0 Å². The second-order valence-corrected chi connectivity index (χ2v) is 5.99. The summed E-state index contributed by atoms with van der Waals surface area (Å²) in [4.78, 5) is 4.01. The zero-order chi connectivity index (χ0) is 15.6. The molecule has 0 spiro atoms. The summed E-state index contributed by atoms with van der Waals surface area (Å²) >= 11 is 0. The molecule has 0 amide bonds. The Morgan fingerprint density at radius 3 is 2.24 bits per heavy atom. The van der Waals surface area contributed by atoms with Crippen molar-refractivity contribution in [2.24, 2.45) is 0 Å². The lowest BCUT2D eigenvalue weighted by atomic mass is 10.1.